The number of rotatable bonds is 6. The van der Waals surface area contributed by atoms with Gasteiger partial charge in [-0.2, -0.15) is 0 Å². The molecule has 1 heterocycles. The van der Waals surface area contributed by atoms with Crippen LogP contribution in [0, 0.1) is 0 Å². The predicted octanol–water partition coefficient (Wildman–Crippen LogP) is 0.895. The Labute approximate surface area is 83.7 Å². The van der Waals surface area contributed by atoms with Crippen molar-refractivity contribution in [1.29, 1.82) is 0 Å². The average molecular weight is 196 g/mol. The van der Waals surface area contributed by atoms with Gasteiger partial charge in [-0.05, 0) is 25.1 Å². The zero-order valence-corrected chi connectivity index (χ0v) is 8.38. The first-order chi connectivity index (χ1) is 6.83. The summed E-state index contributed by atoms with van der Waals surface area (Å²) >= 11 is 0. The molecule has 0 unspecified atom stereocenters. The number of carbonyl (C=O) groups excluding carboxylic acids is 1. The maximum Gasteiger partial charge on any atom is 0.219 e. The van der Waals surface area contributed by atoms with Crippen molar-refractivity contribution in [3.63, 3.8) is 0 Å². The Morgan fingerprint density at radius 1 is 1.57 bits per heavy atom. The van der Waals surface area contributed by atoms with Gasteiger partial charge in [0, 0.05) is 13.5 Å². The molecule has 4 nitrogen and oxygen atoms in total. The van der Waals surface area contributed by atoms with E-state index in [4.69, 9.17) is 4.42 Å². The molecule has 0 saturated carbocycles. The Morgan fingerprint density at radius 3 is 3.07 bits per heavy atom. The molecule has 0 aliphatic carbocycles. The largest absolute Gasteiger partial charge is 0.468 e. The molecule has 0 fully saturated rings. The van der Waals surface area contributed by atoms with E-state index < -0.39 is 0 Å². The van der Waals surface area contributed by atoms with Gasteiger partial charge in [-0.15, -0.1) is 0 Å². The lowest BCUT2D eigenvalue weighted by Crippen LogP contribution is -2.20. The van der Waals surface area contributed by atoms with Crippen LogP contribution in [-0.2, 0) is 11.3 Å². The van der Waals surface area contributed by atoms with Gasteiger partial charge in [0.2, 0.25) is 5.91 Å². The van der Waals surface area contributed by atoms with Crippen LogP contribution in [0.25, 0.3) is 0 Å². The first-order valence-electron chi connectivity index (χ1n) is 4.76. The standard InChI is InChI=1S/C10H16N2O2/c1-11-10(13)5-2-6-12-8-9-4-3-7-14-9/h3-4,7,12H,2,5-6,8H2,1H3,(H,11,13). The van der Waals surface area contributed by atoms with Crippen molar-refractivity contribution in [3.05, 3.63) is 24.2 Å². The van der Waals surface area contributed by atoms with Gasteiger partial charge in [0.1, 0.15) is 5.76 Å². The molecule has 0 aliphatic heterocycles. The fourth-order valence-corrected chi connectivity index (χ4v) is 1.12. The lowest BCUT2D eigenvalue weighted by molar-refractivity contribution is -0.120. The molecule has 0 bridgehead atoms. The van der Waals surface area contributed by atoms with Crippen LogP contribution in [0.15, 0.2) is 22.8 Å². The molecule has 0 atom stereocenters. The number of nitrogens with one attached hydrogen (secondary N) is 2. The van der Waals surface area contributed by atoms with Crippen LogP contribution in [0.1, 0.15) is 18.6 Å². The first-order valence-corrected chi connectivity index (χ1v) is 4.76. The van der Waals surface area contributed by atoms with E-state index in [2.05, 4.69) is 10.6 Å². The monoisotopic (exact) mass is 196 g/mol. The Morgan fingerprint density at radius 2 is 2.43 bits per heavy atom. The first kappa shape index (κ1) is 10.8. The Hall–Kier alpha value is -1.29. The maximum absolute atomic E-state index is 10.8. The fraction of sp³-hybridized carbons (Fsp3) is 0.500. The minimum Gasteiger partial charge on any atom is -0.468 e. The molecule has 4 heteroatoms. The molecule has 0 radical (unpaired) electrons. The Balaban J connectivity index is 1.97. The van der Waals surface area contributed by atoms with Crippen molar-refractivity contribution < 1.29 is 9.21 Å². The van der Waals surface area contributed by atoms with Crippen LogP contribution < -0.4 is 10.6 Å². The summed E-state index contributed by atoms with van der Waals surface area (Å²) in [5.74, 6) is 1.01. The van der Waals surface area contributed by atoms with E-state index in [0.717, 1.165) is 25.3 Å². The lowest BCUT2D eigenvalue weighted by atomic mass is 10.3. The van der Waals surface area contributed by atoms with Crippen LogP contribution in [0.2, 0.25) is 0 Å². The normalized spacial score (nSPS) is 10.1. The molecule has 0 aliphatic rings. The third kappa shape index (κ3) is 4.09. The topological polar surface area (TPSA) is 54.3 Å². The number of hydrogen-bond donors (Lipinski definition) is 2. The zero-order chi connectivity index (χ0) is 10.2. The number of hydrogen-bond acceptors (Lipinski definition) is 3. The second-order valence-corrected chi connectivity index (χ2v) is 3.03. The van der Waals surface area contributed by atoms with Crippen molar-refractivity contribution in [1.82, 2.24) is 10.6 Å². The van der Waals surface area contributed by atoms with Gasteiger partial charge in [-0.25, -0.2) is 0 Å². The van der Waals surface area contributed by atoms with Crippen LogP contribution in [0.3, 0.4) is 0 Å². The van der Waals surface area contributed by atoms with Crippen LogP contribution in [0.5, 0.6) is 0 Å². The molecular formula is C10H16N2O2. The molecule has 78 valence electrons. The molecular weight excluding hydrogens is 180 g/mol. The van der Waals surface area contributed by atoms with Gasteiger partial charge in [0.05, 0.1) is 12.8 Å². The van der Waals surface area contributed by atoms with E-state index in [0.29, 0.717) is 6.42 Å². The van der Waals surface area contributed by atoms with Gasteiger partial charge in [-0.3, -0.25) is 4.79 Å². The summed E-state index contributed by atoms with van der Waals surface area (Å²) in [5.41, 5.74) is 0. The van der Waals surface area contributed by atoms with Crippen molar-refractivity contribution in [3.8, 4) is 0 Å². The zero-order valence-electron chi connectivity index (χ0n) is 8.38. The Bertz CT molecular complexity index is 257. The summed E-state index contributed by atoms with van der Waals surface area (Å²) in [6.07, 6.45) is 3.07. The number of furan rings is 1. The minimum atomic E-state index is 0.0878. The summed E-state index contributed by atoms with van der Waals surface area (Å²) in [5, 5.41) is 5.78. The SMILES string of the molecule is CNC(=O)CCCNCc1ccco1. The molecule has 0 spiro atoms. The third-order valence-electron chi connectivity index (χ3n) is 1.92. The van der Waals surface area contributed by atoms with Crippen molar-refractivity contribution in [2.45, 2.75) is 19.4 Å². The van der Waals surface area contributed by atoms with Gasteiger partial charge in [0.15, 0.2) is 0 Å². The lowest BCUT2D eigenvalue weighted by Gasteiger charge is -2.01. The predicted molar refractivity (Wildman–Crippen MR) is 53.7 cm³/mol. The summed E-state index contributed by atoms with van der Waals surface area (Å²) in [4.78, 5) is 10.8. The highest BCUT2D eigenvalue weighted by Crippen LogP contribution is 1.98. The Kier molecular flexibility index (Phi) is 4.78. The van der Waals surface area contributed by atoms with Crippen LogP contribution in [-0.4, -0.2) is 19.5 Å². The smallest absolute Gasteiger partial charge is 0.219 e. The number of carbonyl (C=O) groups is 1. The second kappa shape index (κ2) is 6.21. The van der Waals surface area contributed by atoms with Gasteiger partial charge in [0.25, 0.3) is 0 Å². The molecule has 1 amide bonds. The average Bonchev–Trinajstić information content (AvgIpc) is 2.69. The number of amides is 1. The maximum atomic E-state index is 10.8. The molecule has 1 rings (SSSR count). The van der Waals surface area contributed by atoms with Crippen molar-refractivity contribution >= 4 is 5.91 Å². The highest BCUT2D eigenvalue weighted by molar-refractivity contribution is 5.75. The van der Waals surface area contributed by atoms with Crippen molar-refractivity contribution in [2.24, 2.45) is 0 Å². The minimum absolute atomic E-state index is 0.0878. The highest BCUT2D eigenvalue weighted by atomic mass is 16.3. The van der Waals surface area contributed by atoms with E-state index in [1.165, 1.54) is 0 Å². The van der Waals surface area contributed by atoms with Gasteiger partial charge < -0.3 is 15.1 Å². The van der Waals surface area contributed by atoms with Gasteiger partial charge >= 0.3 is 0 Å². The molecule has 14 heavy (non-hydrogen) atoms. The summed E-state index contributed by atoms with van der Waals surface area (Å²) < 4.78 is 5.14. The molecule has 0 aromatic carbocycles. The molecule has 2 N–H and O–H groups in total. The third-order valence-corrected chi connectivity index (χ3v) is 1.92. The van der Waals surface area contributed by atoms with E-state index in [1.54, 1.807) is 13.3 Å². The van der Waals surface area contributed by atoms with Gasteiger partial charge in [-0.1, -0.05) is 0 Å². The van der Waals surface area contributed by atoms with E-state index >= 15 is 0 Å². The van der Waals surface area contributed by atoms with Crippen LogP contribution >= 0.6 is 0 Å². The van der Waals surface area contributed by atoms with Crippen LogP contribution in [0.4, 0.5) is 0 Å². The fourth-order valence-electron chi connectivity index (χ4n) is 1.12. The molecule has 0 saturated heterocycles. The summed E-state index contributed by atoms with van der Waals surface area (Å²) in [6, 6.07) is 3.79. The van der Waals surface area contributed by atoms with Crippen molar-refractivity contribution in [2.75, 3.05) is 13.6 Å². The van der Waals surface area contributed by atoms with E-state index in [-0.39, 0.29) is 5.91 Å². The quantitative estimate of drug-likeness (QED) is 0.664. The second-order valence-electron chi connectivity index (χ2n) is 3.03. The molecule has 1 aromatic rings. The highest BCUT2D eigenvalue weighted by Gasteiger charge is 1.97. The summed E-state index contributed by atoms with van der Waals surface area (Å²) in [6.45, 7) is 1.55. The summed E-state index contributed by atoms with van der Waals surface area (Å²) in [7, 11) is 1.65. The van der Waals surface area contributed by atoms with E-state index in [9.17, 15) is 4.79 Å². The van der Waals surface area contributed by atoms with E-state index in [1.807, 2.05) is 12.1 Å². The molecule has 1 aromatic heterocycles.